The summed E-state index contributed by atoms with van der Waals surface area (Å²) in [5.41, 5.74) is 1.47. The van der Waals surface area contributed by atoms with Crippen molar-refractivity contribution in [1.29, 1.82) is 0 Å². The number of hydrogen-bond acceptors (Lipinski definition) is 6. The molecule has 0 aliphatic carbocycles. The second kappa shape index (κ2) is 6.57. The van der Waals surface area contributed by atoms with Crippen molar-refractivity contribution in [1.82, 2.24) is 4.57 Å². The lowest BCUT2D eigenvalue weighted by molar-refractivity contribution is -0.304. The number of rotatable bonds is 4. The summed E-state index contributed by atoms with van der Waals surface area (Å²) in [6.07, 6.45) is -0.197. The molecule has 0 saturated heterocycles. The van der Waals surface area contributed by atoms with Crippen molar-refractivity contribution in [2.75, 3.05) is 0 Å². The molecule has 6 nitrogen and oxygen atoms in total. The zero-order chi connectivity index (χ0) is 19.1. The molecule has 0 atom stereocenters. The van der Waals surface area contributed by atoms with Crippen LogP contribution in [0, 0.1) is 3.95 Å². The van der Waals surface area contributed by atoms with E-state index in [9.17, 15) is 19.8 Å². The van der Waals surface area contributed by atoms with Crippen molar-refractivity contribution in [2.45, 2.75) is 6.42 Å². The number of nitrogens with zero attached hydrogens (tertiary/aromatic N) is 2. The lowest BCUT2D eigenvalue weighted by Crippen LogP contribution is -2.24. The summed E-state index contributed by atoms with van der Waals surface area (Å²) in [6, 6.07) is 13.7. The highest BCUT2D eigenvalue weighted by Crippen LogP contribution is 2.34. The number of thiazole rings is 1. The van der Waals surface area contributed by atoms with Gasteiger partial charge in [-0.1, -0.05) is 30.3 Å². The van der Waals surface area contributed by atoms with Crippen molar-refractivity contribution in [3.63, 3.8) is 0 Å². The molecule has 3 aromatic rings. The number of aromatic nitrogens is 1. The highest BCUT2D eigenvalue weighted by atomic mass is 32.1. The third-order valence-electron chi connectivity index (χ3n) is 4.17. The van der Waals surface area contributed by atoms with E-state index in [0.717, 1.165) is 11.3 Å². The largest absolute Gasteiger partial charge is 0.550 e. The molecule has 0 spiro atoms. The van der Waals surface area contributed by atoms with Gasteiger partial charge in [-0.15, -0.1) is 11.3 Å². The lowest BCUT2D eigenvalue weighted by Gasteiger charge is -2.07. The van der Waals surface area contributed by atoms with Crippen LogP contribution in [0.5, 0.6) is 5.88 Å². The molecular formula is C19H11N2O4S2-. The minimum Gasteiger partial charge on any atom is -0.550 e. The van der Waals surface area contributed by atoms with Crippen molar-refractivity contribution >= 4 is 41.0 Å². The second-order valence-corrected chi connectivity index (χ2v) is 7.52. The number of carboxylic acids is 1. The maximum atomic E-state index is 12.4. The van der Waals surface area contributed by atoms with Gasteiger partial charge in [0, 0.05) is 17.6 Å². The van der Waals surface area contributed by atoms with Crippen LogP contribution in [0.1, 0.15) is 10.4 Å². The van der Waals surface area contributed by atoms with Crippen LogP contribution in [-0.4, -0.2) is 21.6 Å². The van der Waals surface area contributed by atoms with E-state index in [1.165, 1.54) is 4.57 Å². The first-order chi connectivity index (χ1) is 13.0. The Bertz CT molecular complexity index is 1270. The highest BCUT2D eigenvalue weighted by molar-refractivity contribution is 7.73. The molecular weight excluding hydrogens is 384 g/mol. The van der Waals surface area contributed by atoms with E-state index in [4.69, 9.17) is 12.2 Å². The van der Waals surface area contributed by atoms with Gasteiger partial charge >= 0.3 is 0 Å². The van der Waals surface area contributed by atoms with Crippen LogP contribution >= 0.6 is 23.6 Å². The number of benzene rings is 2. The molecule has 0 bridgehead atoms. The van der Waals surface area contributed by atoms with E-state index in [0.29, 0.717) is 36.2 Å². The van der Waals surface area contributed by atoms with Crippen LogP contribution in [0.25, 0.3) is 11.3 Å². The van der Waals surface area contributed by atoms with Gasteiger partial charge in [-0.2, -0.15) is 0 Å². The molecule has 27 heavy (non-hydrogen) atoms. The normalized spacial score (nSPS) is 12.7. The maximum Gasteiger partial charge on any atom is 0.279 e. The molecule has 1 N–H and O–H groups in total. The fourth-order valence-corrected chi connectivity index (χ4v) is 4.35. The first-order valence-corrected chi connectivity index (χ1v) is 9.15. The Morgan fingerprint density at radius 3 is 2.59 bits per heavy atom. The van der Waals surface area contributed by atoms with Crippen molar-refractivity contribution in [2.24, 2.45) is 4.99 Å². The van der Waals surface area contributed by atoms with Gasteiger partial charge in [0.1, 0.15) is 4.88 Å². The fourth-order valence-electron chi connectivity index (χ4n) is 2.97. The van der Waals surface area contributed by atoms with E-state index in [2.05, 4.69) is 4.99 Å². The molecule has 4 rings (SSSR count). The first kappa shape index (κ1) is 17.3. The highest BCUT2D eigenvalue weighted by Gasteiger charge is 2.25. The van der Waals surface area contributed by atoms with E-state index < -0.39 is 11.9 Å². The fraction of sp³-hybridized carbons (Fsp3) is 0.0526. The molecule has 2 heterocycles. The first-order valence-electron chi connectivity index (χ1n) is 7.92. The summed E-state index contributed by atoms with van der Waals surface area (Å²) in [6.45, 7) is 0. The van der Waals surface area contributed by atoms with Gasteiger partial charge in [0.2, 0.25) is 5.88 Å². The number of para-hydroxylation sites is 1. The van der Waals surface area contributed by atoms with Crippen LogP contribution in [0.3, 0.4) is 0 Å². The standard InChI is InChI=1S/C19H12N2O4S2/c22-14(23)9-10-5-7-11(8-6-10)21-18(25)16(27-19(21)26)15-12-3-1-2-4-13(12)20-17(15)24/h1-8,25H,9H2,(H,22,23)/p-1. The summed E-state index contributed by atoms with van der Waals surface area (Å²) in [4.78, 5) is 27.4. The van der Waals surface area contributed by atoms with Gasteiger partial charge < -0.3 is 15.0 Å². The monoisotopic (exact) mass is 395 g/mol. The predicted octanol–water partition coefficient (Wildman–Crippen LogP) is 0.625. The quantitative estimate of drug-likeness (QED) is 0.654. The van der Waals surface area contributed by atoms with Crippen LogP contribution in [0.2, 0.25) is 0 Å². The molecule has 0 unspecified atom stereocenters. The molecule has 1 aromatic heterocycles. The number of aliphatic carboxylic acids is 1. The van der Waals surface area contributed by atoms with Crippen molar-refractivity contribution in [3.8, 4) is 11.6 Å². The Hall–Kier alpha value is -3.10. The van der Waals surface area contributed by atoms with E-state index in [-0.39, 0.29) is 12.3 Å². The van der Waals surface area contributed by atoms with E-state index in [1.54, 1.807) is 48.5 Å². The second-order valence-electron chi connectivity index (χ2n) is 5.88. The minimum absolute atomic E-state index is 0.145. The van der Waals surface area contributed by atoms with Crippen LogP contribution in [0.4, 0.5) is 0 Å². The van der Waals surface area contributed by atoms with Crippen LogP contribution < -0.4 is 15.7 Å². The Morgan fingerprint density at radius 1 is 1.19 bits per heavy atom. The molecule has 8 heteroatoms. The number of carbonyl (C=O) groups is 2. The summed E-state index contributed by atoms with van der Waals surface area (Å²) in [7, 11) is 0. The number of amides is 1. The number of hydrogen-bond donors (Lipinski definition) is 1. The lowest BCUT2D eigenvalue weighted by atomic mass is 10.1. The SMILES string of the molecule is O=C([O-])Cc1ccc(-n2c(O)c(C3=c4ccccc4=NC3=O)sc2=S)cc1. The molecule has 0 radical (unpaired) electrons. The average molecular weight is 395 g/mol. The predicted molar refractivity (Wildman–Crippen MR) is 99.6 cm³/mol. The van der Waals surface area contributed by atoms with Gasteiger partial charge in [0.25, 0.3) is 5.91 Å². The van der Waals surface area contributed by atoms with Gasteiger partial charge in [-0.3, -0.25) is 9.36 Å². The summed E-state index contributed by atoms with van der Waals surface area (Å²) < 4.78 is 1.80. The number of carboxylic acid groups (broad SMARTS) is 1. The summed E-state index contributed by atoms with van der Waals surface area (Å²) in [5, 5.41) is 22.7. The zero-order valence-corrected chi connectivity index (χ0v) is 15.3. The third kappa shape index (κ3) is 2.98. The molecule has 2 aromatic carbocycles. The topological polar surface area (TPSA) is 94.7 Å². The third-order valence-corrected chi connectivity index (χ3v) is 5.55. The van der Waals surface area contributed by atoms with Gasteiger partial charge in [0.15, 0.2) is 3.95 Å². The Labute approximate surface area is 162 Å². The molecule has 1 aliphatic rings. The van der Waals surface area contributed by atoms with E-state index in [1.807, 2.05) is 0 Å². The number of fused-ring (bicyclic) bond motifs is 1. The minimum atomic E-state index is -1.17. The van der Waals surface area contributed by atoms with Crippen LogP contribution in [-0.2, 0) is 16.0 Å². The summed E-state index contributed by atoms with van der Waals surface area (Å²) in [5.74, 6) is -1.73. The molecule has 0 fully saturated rings. The smallest absolute Gasteiger partial charge is 0.279 e. The van der Waals surface area contributed by atoms with Crippen molar-refractivity contribution in [3.05, 3.63) is 73.5 Å². The zero-order valence-electron chi connectivity index (χ0n) is 13.7. The Morgan fingerprint density at radius 2 is 1.89 bits per heavy atom. The number of carbonyl (C=O) groups excluding carboxylic acids is 2. The summed E-state index contributed by atoms with van der Waals surface area (Å²) >= 11 is 6.50. The molecule has 1 aliphatic heterocycles. The average Bonchev–Trinajstić information content (AvgIpc) is 3.10. The maximum absolute atomic E-state index is 12.4. The van der Waals surface area contributed by atoms with Gasteiger partial charge in [-0.05, 0) is 36.0 Å². The van der Waals surface area contributed by atoms with Crippen molar-refractivity contribution < 1.29 is 19.8 Å². The van der Waals surface area contributed by atoms with Gasteiger partial charge in [0.05, 0.1) is 16.6 Å². The molecule has 134 valence electrons. The van der Waals surface area contributed by atoms with Crippen LogP contribution in [0.15, 0.2) is 53.5 Å². The molecule has 0 saturated carbocycles. The number of aromatic hydroxyl groups is 1. The molecule has 1 amide bonds. The Kier molecular flexibility index (Phi) is 4.21. The van der Waals surface area contributed by atoms with E-state index >= 15 is 0 Å². The van der Waals surface area contributed by atoms with Gasteiger partial charge in [-0.25, -0.2) is 4.99 Å². The Balaban J connectivity index is 1.85.